The van der Waals surface area contributed by atoms with E-state index in [2.05, 4.69) is 4.98 Å². The van der Waals surface area contributed by atoms with Gasteiger partial charge in [-0.2, -0.15) is 5.26 Å². The molecule has 1 aromatic carbocycles. The number of hydrogen-bond donors (Lipinski definition) is 1. The molecular weight excluding hydrogens is 208 g/mol. The van der Waals surface area contributed by atoms with Crippen LogP contribution >= 0.6 is 22.9 Å². The molecule has 0 saturated heterocycles. The number of rotatable bonds is 0. The molecular formula is C8H3ClN2OS. The van der Waals surface area contributed by atoms with Gasteiger partial charge in [-0.1, -0.05) is 11.6 Å². The van der Waals surface area contributed by atoms with E-state index in [0.717, 1.165) is 0 Å². The molecule has 0 aliphatic rings. The second-order valence-electron chi connectivity index (χ2n) is 2.38. The van der Waals surface area contributed by atoms with E-state index >= 15 is 0 Å². The summed E-state index contributed by atoms with van der Waals surface area (Å²) in [6.45, 7) is 0. The summed E-state index contributed by atoms with van der Waals surface area (Å²) in [5.74, 6) is 0.0160. The molecule has 0 radical (unpaired) electrons. The van der Waals surface area contributed by atoms with Gasteiger partial charge in [0, 0.05) is 0 Å². The van der Waals surface area contributed by atoms with E-state index in [0.29, 0.717) is 15.2 Å². The highest BCUT2D eigenvalue weighted by Crippen LogP contribution is 2.35. The molecule has 13 heavy (non-hydrogen) atoms. The van der Waals surface area contributed by atoms with Crippen LogP contribution in [0.3, 0.4) is 0 Å². The van der Waals surface area contributed by atoms with Crippen LogP contribution in [-0.2, 0) is 0 Å². The molecule has 0 aliphatic carbocycles. The molecule has 1 aromatic heterocycles. The fourth-order valence-corrected chi connectivity index (χ4v) is 2.07. The highest BCUT2D eigenvalue weighted by Gasteiger charge is 2.09. The zero-order valence-corrected chi connectivity index (χ0v) is 7.85. The molecule has 0 atom stereocenters. The van der Waals surface area contributed by atoms with Crippen LogP contribution in [0.2, 0.25) is 5.02 Å². The predicted molar refractivity (Wildman–Crippen MR) is 51.0 cm³/mol. The van der Waals surface area contributed by atoms with E-state index in [4.69, 9.17) is 16.9 Å². The molecule has 0 saturated carbocycles. The van der Waals surface area contributed by atoms with Crippen LogP contribution in [0.25, 0.3) is 10.2 Å². The lowest BCUT2D eigenvalue weighted by atomic mass is 10.3. The van der Waals surface area contributed by atoms with E-state index in [-0.39, 0.29) is 10.8 Å². The summed E-state index contributed by atoms with van der Waals surface area (Å²) >= 11 is 6.98. The van der Waals surface area contributed by atoms with Gasteiger partial charge >= 0.3 is 0 Å². The Bertz CT molecular complexity index is 515. The highest BCUT2D eigenvalue weighted by atomic mass is 35.5. The van der Waals surface area contributed by atoms with Crippen molar-refractivity contribution in [1.82, 2.24) is 4.98 Å². The fraction of sp³-hybridized carbons (Fsp3) is 0. The molecule has 2 aromatic rings. The van der Waals surface area contributed by atoms with E-state index in [9.17, 15) is 5.11 Å². The Morgan fingerprint density at radius 3 is 3.00 bits per heavy atom. The van der Waals surface area contributed by atoms with Crippen molar-refractivity contribution >= 4 is 33.2 Å². The first-order chi connectivity index (χ1) is 6.22. The molecule has 1 heterocycles. The second-order valence-corrected chi connectivity index (χ2v) is 3.75. The molecule has 0 fully saturated rings. The van der Waals surface area contributed by atoms with Crippen molar-refractivity contribution < 1.29 is 5.11 Å². The van der Waals surface area contributed by atoms with Crippen molar-refractivity contribution in [3.8, 4) is 11.8 Å². The lowest BCUT2D eigenvalue weighted by molar-refractivity contribution is 0.476. The summed E-state index contributed by atoms with van der Waals surface area (Å²) < 4.78 is 0.651. The minimum absolute atomic E-state index is 0.0160. The third-order valence-corrected chi connectivity index (χ3v) is 3.06. The Hall–Kier alpha value is -1.31. The van der Waals surface area contributed by atoms with Gasteiger partial charge < -0.3 is 5.11 Å². The van der Waals surface area contributed by atoms with Crippen LogP contribution in [0.1, 0.15) is 5.01 Å². The number of nitriles is 1. The quantitative estimate of drug-likeness (QED) is 0.727. The summed E-state index contributed by atoms with van der Waals surface area (Å²) in [7, 11) is 0. The van der Waals surface area contributed by atoms with Gasteiger partial charge in [0.2, 0.25) is 0 Å². The largest absolute Gasteiger partial charge is 0.506 e. The summed E-state index contributed by atoms with van der Waals surface area (Å²) in [6.07, 6.45) is 0. The highest BCUT2D eigenvalue weighted by molar-refractivity contribution is 7.19. The Morgan fingerprint density at radius 1 is 1.54 bits per heavy atom. The lowest BCUT2D eigenvalue weighted by Crippen LogP contribution is -1.71. The topological polar surface area (TPSA) is 56.9 Å². The zero-order chi connectivity index (χ0) is 9.42. The molecule has 0 spiro atoms. The maximum Gasteiger partial charge on any atom is 0.195 e. The maximum atomic E-state index is 9.26. The Morgan fingerprint density at radius 2 is 2.31 bits per heavy atom. The number of aromatic hydroxyl groups is 1. The average molecular weight is 211 g/mol. The zero-order valence-electron chi connectivity index (χ0n) is 6.28. The van der Waals surface area contributed by atoms with Crippen molar-refractivity contribution in [1.29, 1.82) is 5.26 Å². The van der Waals surface area contributed by atoms with Crippen molar-refractivity contribution in [2.24, 2.45) is 0 Å². The molecule has 0 bridgehead atoms. The monoisotopic (exact) mass is 210 g/mol. The van der Waals surface area contributed by atoms with Crippen molar-refractivity contribution in [2.45, 2.75) is 0 Å². The van der Waals surface area contributed by atoms with Crippen LogP contribution < -0.4 is 0 Å². The summed E-state index contributed by atoms with van der Waals surface area (Å²) in [5.41, 5.74) is 0.643. The van der Waals surface area contributed by atoms with Crippen molar-refractivity contribution in [2.75, 3.05) is 0 Å². The van der Waals surface area contributed by atoms with E-state index in [1.54, 1.807) is 6.07 Å². The van der Waals surface area contributed by atoms with Gasteiger partial charge in [0.05, 0.1) is 10.2 Å². The Labute approximate surface area is 82.8 Å². The molecule has 2 rings (SSSR count). The normalized spacial score (nSPS) is 10.2. The smallest absolute Gasteiger partial charge is 0.195 e. The first kappa shape index (κ1) is 8.30. The molecule has 5 heteroatoms. The van der Waals surface area contributed by atoms with Crippen LogP contribution in [0.15, 0.2) is 12.1 Å². The van der Waals surface area contributed by atoms with Crippen molar-refractivity contribution in [3.63, 3.8) is 0 Å². The van der Waals surface area contributed by atoms with Gasteiger partial charge in [0.1, 0.15) is 16.8 Å². The SMILES string of the molecule is N#Cc1nc2ccc(O)c(Cl)c2s1. The number of halogens is 1. The van der Waals surface area contributed by atoms with Gasteiger partial charge in [0.25, 0.3) is 0 Å². The third-order valence-electron chi connectivity index (χ3n) is 1.57. The summed E-state index contributed by atoms with van der Waals surface area (Å²) in [6, 6.07) is 5.03. The van der Waals surface area contributed by atoms with E-state index in [1.165, 1.54) is 17.4 Å². The number of hydrogen-bond acceptors (Lipinski definition) is 4. The fourth-order valence-electron chi connectivity index (χ4n) is 0.997. The number of fused-ring (bicyclic) bond motifs is 1. The molecule has 1 N–H and O–H groups in total. The third kappa shape index (κ3) is 1.22. The van der Waals surface area contributed by atoms with E-state index in [1.807, 2.05) is 6.07 Å². The molecule has 0 unspecified atom stereocenters. The minimum atomic E-state index is 0.0160. The average Bonchev–Trinajstić information content (AvgIpc) is 2.55. The van der Waals surface area contributed by atoms with Crippen LogP contribution in [0.5, 0.6) is 5.75 Å². The summed E-state index contributed by atoms with van der Waals surface area (Å²) in [4.78, 5) is 4.00. The first-order valence-electron chi connectivity index (χ1n) is 3.40. The Kier molecular flexibility index (Phi) is 1.83. The van der Waals surface area contributed by atoms with Crippen molar-refractivity contribution in [3.05, 3.63) is 22.2 Å². The van der Waals surface area contributed by atoms with Gasteiger partial charge in [-0.05, 0) is 12.1 Å². The van der Waals surface area contributed by atoms with Crippen LogP contribution in [0.4, 0.5) is 0 Å². The first-order valence-corrected chi connectivity index (χ1v) is 4.60. The van der Waals surface area contributed by atoms with Gasteiger partial charge in [-0.15, -0.1) is 11.3 Å². The number of aromatic nitrogens is 1. The Balaban J connectivity index is 2.86. The number of phenols is 1. The van der Waals surface area contributed by atoms with Gasteiger partial charge in [0.15, 0.2) is 5.01 Å². The second kappa shape index (κ2) is 2.87. The molecule has 0 amide bonds. The number of phenolic OH excluding ortho intramolecular Hbond substituents is 1. The standard InChI is InChI=1S/C8H3ClN2OS/c9-7-5(12)2-1-4-8(7)13-6(3-10)11-4/h1-2,12H. The number of benzene rings is 1. The minimum Gasteiger partial charge on any atom is -0.506 e. The number of thiazole rings is 1. The number of nitrogens with zero attached hydrogens (tertiary/aromatic N) is 2. The lowest BCUT2D eigenvalue weighted by Gasteiger charge is -1.94. The molecule has 0 aliphatic heterocycles. The summed E-state index contributed by atoms with van der Waals surface area (Å²) in [5, 5.41) is 18.5. The predicted octanol–water partition coefficient (Wildman–Crippen LogP) is 2.53. The van der Waals surface area contributed by atoms with Gasteiger partial charge in [-0.25, -0.2) is 4.98 Å². The molecule has 3 nitrogen and oxygen atoms in total. The van der Waals surface area contributed by atoms with Crippen LogP contribution in [0, 0.1) is 11.3 Å². The van der Waals surface area contributed by atoms with E-state index < -0.39 is 0 Å². The van der Waals surface area contributed by atoms with Crippen LogP contribution in [-0.4, -0.2) is 10.1 Å². The molecule has 64 valence electrons. The maximum absolute atomic E-state index is 9.26. The van der Waals surface area contributed by atoms with Gasteiger partial charge in [-0.3, -0.25) is 0 Å².